The number of aromatic carboxylic acids is 3. The summed E-state index contributed by atoms with van der Waals surface area (Å²) in [6, 6.07) is 16.2. The van der Waals surface area contributed by atoms with Crippen LogP contribution in [0.25, 0.3) is 0 Å². The van der Waals surface area contributed by atoms with Crippen LogP contribution in [-0.4, -0.2) is 45.3 Å². The molecule has 17 nitrogen and oxygen atoms in total. The second-order valence-corrected chi connectivity index (χ2v) is 9.42. The molecular formula is C33H41N8O9+3. The number of carbonyl (C=O) groups is 5. The Morgan fingerprint density at radius 2 is 1.06 bits per heavy atom. The van der Waals surface area contributed by atoms with Crippen molar-refractivity contribution >= 4 is 29.7 Å². The normalized spacial score (nSPS) is 8.78. The molecular weight excluding hydrogens is 652 g/mol. The molecule has 0 bridgehead atoms. The van der Waals surface area contributed by atoms with Crippen LogP contribution in [0.4, 0.5) is 0 Å². The van der Waals surface area contributed by atoms with Gasteiger partial charge in [-0.05, 0) is 36.4 Å². The maximum absolute atomic E-state index is 10.6. The summed E-state index contributed by atoms with van der Waals surface area (Å²) in [5.74, 6) is -4.03. The minimum atomic E-state index is -1.14. The summed E-state index contributed by atoms with van der Waals surface area (Å²) in [4.78, 5) is 58.0. The van der Waals surface area contributed by atoms with Gasteiger partial charge in [-0.1, -0.05) is 0 Å². The summed E-state index contributed by atoms with van der Waals surface area (Å²) in [5, 5.41) is 28.8. The van der Waals surface area contributed by atoms with E-state index < -0.39 is 29.7 Å². The van der Waals surface area contributed by atoms with Crippen molar-refractivity contribution in [2.45, 2.75) is 0 Å². The Morgan fingerprint density at radius 3 is 1.30 bits per heavy atom. The first-order chi connectivity index (χ1) is 22.7. The molecule has 0 radical (unpaired) electrons. The van der Waals surface area contributed by atoms with Crippen LogP contribution in [0, 0.1) is 0 Å². The number of H-pyrrole nitrogens is 1. The van der Waals surface area contributed by atoms with E-state index in [4.69, 9.17) is 16.6 Å². The lowest BCUT2D eigenvalue weighted by Gasteiger charge is -1.96. The SMILES string of the molecule is C[n+]1cccc(C(=O)[O-])c1.C[n+]1cccc(C(=O)[O-])c1.C[n+]1cccc(C(N)=O)c1.NC(=O)c1ccc[nH+]c1.O.O=C(O)c1cccnc1.[NH4+]. The van der Waals surface area contributed by atoms with Crippen LogP contribution in [0.2, 0.25) is 0 Å². The van der Waals surface area contributed by atoms with Crippen LogP contribution in [-0.2, 0) is 21.1 Å². The van der Waals surface area contributed by atoms with Crippen molar-refractivity contribution in [3.8, 4) is 0 Å². The van der Waals surface area contributed by atoms with Crippen LogP contribution in [0.1, 0.15) is 51.8 Å². The highest BCUT2D eigenvalue weighted by atomic mass is 16.4. The molecule has 5 aromatic rings. The van der Waals surface area contributed by atoms with Crippen molar-refractivity contribution in [2.24, 2.45) is 32.6 Å². The number of aryl methyl sites for hydroxylation is 3. The second-order valence-electron chi connectivity index (χ2n) is 9.42. The Balaban J connectivity index is 0. The zero-order valence-corrected chi connectivity index (χ0v) is 27.8. The molecule has 50 heavy (non-hydrogen) atoms. The van der Waals surface area contributed by atoms with E-state index in [2.05, 4.69) is 9.97 Å². The van der Waals surface area contributed by atoms with Gasteiger partial charge in [0.2, 0.25) is 0 Å². The number of amides is 2. The van der Waals surface area contributed by atoms with Gasteiger partial charge in [0.25, 0.3) is 11.8 Å². The van der Waals surface area contributed by atoms with Crippen molar-refractivity contribution in [1.82, 2.24) is 11.1 Å². The Kier molecular flexibility index (Phi) is 21.9. The number of quaternary nitrogens is 1. The quantitative estimate of drug-likeness (QED) is 0.139. The molecule has 17 heteroatoms. The molecule has 264 valence electrons. The standard InChI is InChI=1S/C7H8N2O.2C7H7NO2.C6H6N2O.C6H5NO2.H3N.H2O/c1-9-4-2-3-6(5-9)7(8)10;2*1-8-4-2-3-6(5-8)7(9)10;7-6(9)5-2-1-3-8-4-5;8-6(9)5-2-1-3-7-4-5;;/h2-5H,1H3,(H-,8,10);2*2-5H,1H3;1-4H,(H2,7,9);1-4H,(H,8,9);1H3;1H2/p+3. The Bertz CT molecular complexity index is 1630. The first kappa shape index (κ1) is 45.1. The van der Waals surface area contributed by atoms with Crippen LogP contribution in [0.3, 0.4) is 0 Å². The zero-order chi connectivity index (χ0) is 36.1. The van der Waals surface area contributed by atoms with Crippen molar-refractivity contribution in [3.63, 3.8) is 0 Å². The number of nitrogens with two attached hydrogens (primary N) is 2. The number of hydrogen-bond donors (Lipinski definition) is 4. The van der Waals surface area contributed by atoms with E-state index in [1.165, 1.54) is 43.0 Å². The number of carboxylic acids is 3. The number of pyridine rings is 5. The maximum Gasteiger partial charge on any atom is 0.337 e. The number of primary amides is 2. The highest BCUT2D eigenvalue weighted by Gasteiger charge is 2.02. The molecule has 0 saturated carbocycles. The van der Waals surface area contributed by atoms with Gasteiger partial charge < -0.3 is 48.0 Å². The highest BCUT2D eigenvalue weighted by molar-refractivity contribution is 5.92. The number of aromatic nitrogens is 5. The molecule has 2 amide bonds. The molecule has 0 unspecified atom stereocenters. The van der Waals surface area contributed by atoms with Crippen LogP contribution in [0.15, 0.2) is 123 Å². The Labute approximate surface area is 287 Å². The zero-order valence-electron chi connectivity index (χ0n) is 27.8. The second kappa shape index (κ2) is 24.2. The van der Waals surface area contributed by atoms with Gasteiger partial charge in [0.15, 0.2) is 49.6 Å². The number of carboxylic acid groups (broad SMARTS) is 3. The first-order valence-corrected chi connectivity index (χ1v) is 13.7. The fraction of sp³-hybridized carbons (Fsp3) is 0.0909. The molecule has 0 spiro atoms. The summed E-state index contributed by atoms with van der Waals surface area (Å²) in [6.07, 6.45) is 16.1. The van der Waals surface area contributed by atoms with Gasteiger partial charge in [0.05, 0.1) is 28.6 Å². The molecule has 0 aromatic carbocycles. The number of carbonyl (C=O) groups excluding carboxylic acids is 4. The topological polar surface area (TPSA) is 310 Å². The largest absolute Gasteiger partial charge is 0.545 e. The number of nitrogens with zero attached hydrogens (tertiary/aromatic N) is 4. The van der Waals surface area contributed by atoms with Crippen molar-refractivity contribution in [1.29, 1.82) is 0 Å². The van der Waals surface area contributed by atoms with E-state index >= 15 is 0 Å². The van der Waals surface area contributed by atoms with Crippen LogP contribution >= 0.6 is 0 Å². The van der Waals surface area contributed by atoms with E-state index in [1.54, 1.807) is 101 Å². The average Bonchev–Trinajstić information content (AvgIpc) is 3.07. The van der Waals surface area contributed by atoms with E-state index in [-0.39, 0.29) is 28.3 Å². The molecule has 0 aliphatic rings. The molecule has 0 fully saturated rings. The Morgan fingerprint density at radius 1 is 0.660 bits per heavy atom. The summed E-state index contributed by atoms with van der Waals surface area (Å²) >= 11 is 0. The predicted molar refractivity (Wildman–Crippen MR) is 172 cm³/mol. The van der Waals surface area contributed by atoms with Gasteiger partial charge in [0.1, 0.15) is 32.3 Å². The molecule has 12 N–H and O–H groups in total. The van der Waals surface area contributed by atoms with Crippen molar-refractivity contribution in [3.05, 3.63) is 150 Å². The minimum Gasteiger partial charge on any atom is -0.545 e. The number of nitrogens with one attached hydrogen (secondary N) is 1. The van der Waals surface area contributed by atoms with E-state index in [0.29, 0.717) is 11.1 Å². The summed E-state index contributed by atoms with van der Waals surface area (Å²) in [6.45, 7) is 0. The molecule has 5 heterocycles. The molecule has 0 aliphatic heterocycles. The fourth-order valence-corrected chi connectivity index (χ4v) is 3.19. The lowest BCUT2D eigenvalue weighted by molar-refractivity contribution is -0.671. The maximum atomic E-state index is 10.6. The van der Waals surface area contributed by atoms with E-state index in [1.807, 2.05) is 13.2 Å². The third kappa shape index (κ3) is 18.9. The van der Waals surface area contributed by atoms with Crippen LogP contribution < -0.4 is 46.5 Å². The number of hydrogen-bond acceptors (Lipinski definition) is 8. The van der Waals surface area contributed by atoms with Gasteiger partial charge in [-0.25, -0.2) is 23.5 Å². The van der Waals surface area contributed by atoms with E-state index in [0.717, 1.165) is 0 Å². The van der Waals surface area contributed by atoms with Crippen molar-refractivity contribution in [2.75, 3.05) is 0 Å². The predicted octanol–water partition coefficient (Wildman–Crippen LogP) is -2.71. The molecule has 5 rings (SSSR count). The summed E-state index contributed by atoms with van der Waals surface area (Å²) in [7, 11) is 5.35. The lowest BCUT2D eigenvalue weighted by atomic mass is 10.3. The minimum absolute atomic E-state index is 0. The summed E-state index contributed by atoms with van der Waals surface area (Å²) in [5.41, 5.74) is 11.6. The van der Waals surface area contributed by atoms with E-state index in [9.17, 15) is 34.2 Å². The monoisotopic (exact) mass is 693 g/mol. The molecule has 0 atom stereocenters. The smallest absolute Gasteiger partial charge is 0.337 e. The molecule has 0 saturated heterocycles. The number of rotatable bonds is 5. The first-order valence-electron chi connectivity index (χ1n) is 13.7. The molecule has 5 aromatic heterocycles. The van der Waals surface area contributed by atoms with Gasteiger partial charge in [-0.3, -0.25) is 14.6 Å². The third-order valence-corrected chi connectivity index (χ3v) is 5.48. The number of aromatic amines is 1. The average molecular weight is 694 g/mol. The summed E-state index contributed by atoms with van der Waals surface area (Å²) < 4.78 is 5.09. The van der Waals surface area contributed by atoms with Crippen molar-refractivity contribution < 1.29 is 63.5 Å². The van der Waals surface area contributed by atoms with Gasteiger partial charge in [-0.2, -0.15) is 0 Å². The van der Waals surface area contributed by atoms with Gasteiger partial charge in [-0.15, -0.1) is 0 Å². The van der Waals surface area contributed by atoms with Gasteiger partial charge in [0, 0.05) is 36.7 Å². The fourth-order valence-electron chi connectivity index (χ4n) is 3.19. The highest BCUT2D eigenvalue weighted by Crippen LogP contribution is 1.94. The molecule has 0 aliphatic carbocycles. The Hall–Kier alpha value is -6.98. The van der Waals surface area contributed by atoms with Gasteiger partial charge >= 0.3 is 5.97 Å². The van der Waals surface area contributed by atoms with Crippen LogP contribution in [0.5, 0.6) is 0 Å². The lowest BCUT2D eigenvalue weighted by Crippen LogP contribution is -2.31. The third-order valence-electron chi connectivity index (χ3n) is 5.48.